The van der Waals surface area contributed by atoms with Crippen LogP contribution in [0, 0.1) is 6.92 Å². The van der Waals surface area contributed by atoms with Gasteiger partial charge in [0.2, 0.25) is 0 Å². The molecular formula is C14H20ClN5. The molecule has 1 atom stereocenters. The van der Waals surface area contributed by atoms with Crippen molar-refractivity contribution in [2.75, 3.05) is 6.54 Å². The first-order chi connectivity index (χ1) is 9.58. The topological polar surface area (TPSA) is 38.9 Å². The first kappa shape index (κ1) is 13.6. The zero-order chi connectivity index (χ0) is 14.3. The molecule has 0 amide bonds. The molecule has 1 aliphatic heterocycles. The van der Waals surface area contributed by atoms with Crippen molar-refractivity contribution in [1.82, 2.24) is 24.2 Å². The third-order valence-corrected chi connectivity index (χ3v) is 4.61. The number of hydrogen-bond donors (Lipinski definition) is 0. The second-order valence-corrected chi connectivity index (χ2v) is 5.85. The summed E-state index contributed by atoms with van der Waals surface area (Å²) >= 11 is 6.43. The van der Waals surface area contributed by atoms with Crippen molar-refractivity contribution in [3.8, 4) is 0 Å². The molecule has 0 N–H and O–H groups in total. The summed E-state index contributed by atoms with van der Waals surface area (Å²) in [6.07, 6.45) is 6.17. The van der Waals surface area contributed by atoms with E-state index >= 15 is 0 Å². The number of imidazole rings is 1. The lowest BCUT2D eigenvalue weighted by atomic mass is 10.1. The van der Waals surface area contributed by atoms with Gasteiger partial charge in [-0.15, -0.1) is 0 Å². The predicted molar refractivity (Wildman–Crippen MR) is 78.5 cm³/mol. The molecule has 108 valence electrons. The fourth-order valence-electron chi connectivity index (χ4n) is 3.10. The molecule has 1 unspecified atom stereocenters. The largest absolute Gasteiger partial charge is 0.337 e. The van der Waals surface area contributed by atoms with Gasteiger partial charge in [-0.1, -0.05) is 11.6 Å². The molecule has 20 heavy (non-hydrogen) atoms. The molecule has 1 saturated heterocycles. The lowest BCUT2D eigenvalue weighted by Gasteiger charge is -2.24. The van der Waals surface area contributed by atoms with E-state index in [4.69, 9.17) is 11.6 Å². The second-order valence-electron chi connectivity index (χ2n) is 5.50. The SMILES string of the molecule is Cc1nn(C)c(Cl)c1C1CCCN1Cc1nccn1C. The third kappa shape index (κ3) is 2.25. The molecule has 1 aliphatic rings. The van der Waals surface area contributed by atoms with Crippen LogP contribution in [0.2, 0.25) is 5.15 Å². The quantitative estimate of drug-likeness (QED) is 0.872. The second kappa shape index (κ2) is 5.22. The number of halogens is 1. The van der Waals surface area contributed by atoms with Crippen molar-refractivity contribution in [2.24, 2.45) is 14.1 Å². The van der Waals surface area contributed by atoms with Gasteiger partial charge in [-0.25, -0.2) is 4.98 Å². The van der Waals surface area contributed by atoms with E-state index in [1.165, 1.54) is 12.0 Å². The maximum absolute atomic E-state index is 6.43. The van der Waals surface area contributed by atoms with Crippen LogP contribution in [0.15, 0.2) is 12.4 Å². The van der Waals surface area contributed by atoms with E-state index in [0.29, 0.717) is 6.04 Å². The standard InChI is InChI=1S/C14H20ClN5/c1-10-13(14(15)19(3)17-10)11-5-4-7-20(11)9-12-16-6-8-18(12)2/h6,8,11H,4-5,7,9H2,1-3H3. The molecular weight excluding hydrogens is 274 g/mol. The number of hydrogen-bond acceptors (Lipinski definition) is 3. The molecule has 0 saturated carbocycles. The van der Waals surface area contributed by atoms with Gasteiger partial charge in [0, 0.05) is 38.1 Å². The van der Waals surface area contributed by atoms with Crippen LogP contribution in [-0.4, -0.2) is 30.8 Å². The monoisotopic (exact) mass is 293 g/mol. The highest BCUT2D eigenvalue weighted by atomic mass is 35.5. The number of aromatic nitrogens is 4. The van der Waals surface area contributed by atoms with Crippen molar-refractivity contribution in [1.29, 1.82) is 0 Å². The minimum atomic E-state index is 0.355. The van der Waals surface area contributed by atoms with Crippen LogP contribution in [0.4, 0.5) is 0 Å². The Balaban J connectivity index is 1.87. The van der Waals surface area contributed by atoms with Gasteiger partial charge in [0.25, 0.3) is 0 Å². The van der Waals surface area contributed by atoms with Crippen LogP contribution in [0.25, 0.3) is 0 Å². The van der Waals surface area contributed by atoms with Crippen molar-refractivity contribution in [3.05, 3.63) is 34.6 Å². The number of nitrogens with zero attached hydrogens (tertiary/aromatic N) is 5. The van der Waals surface area contributed by atoms with Crippen molar-refractivity contribution < 1.29 is 0 Å². The molecule has 5 nitrogen and oxygen atoms in total. The van der Waals surface area contributed by atoms with Gasteiger partial charge in [0.1, 0.15) is 11.0 Å². The summed E-state index contributed by atoms with van der Waals surface area (Å²) in [5.74, 6) is 1.09. The van der Waals surface area contributed by atoms with Gasteiger partial charge in [0.15, 0.2) is 0 Å². The molecule has 2 aromatic rings. The van der Waals surface area contributed by atoms with Gasteiger partial charge in [-0.3, -0.25) is 9.58 Å². The van der Waals surface area contributed by atoms with Gasteiger partial charge in [-0.2, -0.15) is 5.10 Å². The molecule has 6 heteroatoms. The van der Waals surface area contributed by atoms with Crippen molar-refractivity contribution >= 4 is 11.6 Å². The Morgan fingerprint density at radius 3 is 2.80 bits per heavy atom. The molecule has 0 bridgehead atoms. The van der Waals surface area contributed by atoms with E-state index in [0.717, 1.165) is 36.2 Å². The Hall–Kier alpha value is -1.33. The van der Waals surface area contributed by atoms with Crippen LogP contribution in [0.5, 0.6) is 0 Å². The molecule has 0 aliphatic carbocycles. The summed E-state index contributed by atoms with van der Waals surface area (Å²) in [7, 11) is 3.94. The smallest absolute Gasteiger partial charge is 0.131 e. The molecule has 0 aromatic carbocycles. The van der Waals surface area contributed by atoms with E-state index in [2.05, 4.69) is 19.5 Å². The van der Waals surface area contributed by atoms with Crippen LogP contribution < -0.4 is 0 Å². The van der Waals surface area contributed by atoms with Crippen LogP contribution in [0.3, 0.4) is 0 Å². The predicted octanol–water partition coefficient (Wildman–Crippen LogP) is 2.45. The lowest BCUT2D eigenvalue weighted by molar-refractivity contribution is 0.239. The van der Waals surface area contributed by atoms with E-state index in [1.54, 1.807) is 4.68 Å². The molecule has 2 aromatic heterocycles. The maximum Gasteiger partial charge on any atom is 0.131 e. The van der Waals surface area contributed by atoms with Gasteiger partial charge in [-0.05, 0) is 26.3 Å². The Labute approximate surface area is 124 Å². The fourth-order valence-corrected chi connectivity index (χ4v) is 3.40. The number of rotatable bonds is 3. The highest BCUT2D eigenvalue weighted by Crippen LogP contribution is 2.38. The van der Waals surface area contributed by atoms with E-state index < -0.39 is 0 Å². The zero-order valence-corrected chi connectivity index (χ0v) is 12.9. The Morgan fingerprint density at radius 2 is 2.20 bits per heavy atom. The lowest BCUT2D eigenvalue weighted by Crippen LogP contribution is -2.24. The van der Waals surface area contributed by atoms with E-state index in [1.807, 2.05) is 33.4 Å². The Bertz CT molecular complexity index is 615. The maximum atomic E-state index is 6.43. The van der Waals surface area contributed by atoms with Gasteiger partial charge in [0.05, 0.1) is 12.2 Å². The van der Waals surface area contributed by atoms with Crippen molar-refractivity contribution in [3.63, 3.8) is 0 Å². The number of aryl methyl sites for hydroxylation is 3. The molecule has 0 radical (unpaired) electrons. The van der Waals surface area contributed by atoms with Crippen molar-refractivity contribution in [2.45, 2.75) is 32.4 Å². The van der Waals surface area contributed by atoms with Crippen LogP contribution in [-0.2, 0) is 20.6 Å². The summed E-state index contributed by atoms with van der Waals surface area (Å²) in [5.41, 5.74) is 2.22. The Kier molecular flexibility index (Phi) is 3.56. The van der Waals surface area contributed by atoms with Gasteiger partial charge >= 0.3 is 0 Å². The first-order valence-electron chi connectivity index (χ1n) is 6.97. The molecule has 1 fully saturated rings. The summed E-state index contributed by atoms with van der Waals surface area (Å²) < 4.78 is 3.84. The summed E-state index contributed by atoms with van der Waals surface area (Å²) in [5, 5.41) is 5.20. The normalized spacial score (nSPS) is 19.9. The van der Waals surface area contributed by atoms with Crippen LogP contribution >= 0.6 is 11.6 Å². The first-order valence-corrected chi connectivity index (χ1v) is 7.35. The van der Waals surface area contributed by atoms with E-state index in [9.17, 15) is 0 Å². The zero-order valence-electron chi connectivity index (χ0n) is 12.2. The highest BCUT2D eigenvalue weighted by Gasteiger charge is 2.31. The van der Waals surface area contributed by atoms with Crippen LogP contribution in [0.1, 0.15) is 36.0 Å². The molecule has 0 spiro atoms. The fraction of sp³-hybridized carbons (Fsp3) is 0.571. The highest BCUT2D eigenvalue weighted by molar-refractivity contribution is 6.30. The van der Waals surface area contributed by atoms with Gasteiger partial charge < -0.3 is 4.57 Å². The minimum Gasteiger partial charge on any atom is -0.337 e. The average Bonchev–Trinajstić information content (AvgIpc) is 3.06. The number of likely N-dealkylation sites (tertiary alicyclic amines) is 1. The average molecular weight is 294 g/mol. The third-order valence-electron chi connectivity index (χ3n) is 4.16. The molecule has 3 heterocycles. The van der Waals surface area contributed by atoms with E-state index in [-0.39, 0.29) is 0 Å². The Morgan fingerprint density at radius 1 is 1.40 bits per heavy atom. The minimum absolute atomic E-state index is 0.355. The molecule has 3 rings (SSSR count). The summed E-state index contributed by atoms with van der Waals surface area (Å²) in [4.78, 5) is 6.88. The summed E-state index contributed by atoms with van der Waals surface area (Å²) in [6, 6.07) is 0.355. The summed E-state index contributed by atoms with van der Waals surface area (Å²) in [6.45, 7) is 3.99.